The molecule has 2 bridgehead atoms. The highest BCUT2D eigenvalue weighted by atomic mass is 16.3. The Kier molecular flexibility index (Phi) is 1.76. The van der Waals surface area contributed by atoms with Gasteiger partial charge in [-0.25, -0.2) is 0 Å². The van der Waals surface area contributed by atoms with Gasteiger partial charge < -0.3 is 10.4 Å². The molecule has 6 rings (SSSR count). The molecule has 5 fully saturated rings. The lowest BCUT2D eigenvalue weighted by Gasteiger charge is -2.61. The summed E-state index contributed by atoms with van der Waals surface area (Å²) in [6.07, 6.45) is 2.60. The molecule has 2 nitrogen and oxygen atoms in total. The highest BCUT2D eigenvalue weighted by Crippen LogP contribution is 2.87. The maximum absolute atomic E-state index is 11.5. The van der Waals surface area contributed by atoms with Gasteiger partial charge in [0.2, 0.25) is 0 Å². The van der Waals surface area contributed by atoms with Crippen LogP contribution in [0.4, 0.5) is 0 Å². The molecule has 11 atom stereocenters. The van der Waals surface area contributed by atoms with Crippen molar-refractivity contribution < 1.29 is 5.11 Å². The van der Waals surface area contributed by atoms with Crippen LogP contribution < -0.4 is 5.32 Å². The van der Waals surface area contributed by atoms with Gasteiger partial charge in [-0.1, -0.05) is 30.3 Å². The average Bonchev–Trinajstić information content (AvgIpc) is 3.16. The number of fused-ring (bicyclic) bond motifs is 14. The van der Waals surface area contributed by atoms with E-state index in [4.69, 9.17) is 0 Å². The van der Waals surface area contributed by atoms with Crippen molar-refractivity contribution in [1.29, 1.82) is 0 Å². The van der Waals surface area contributed by atoms with Gasteiger partial charge in [-0.3, -0.25) is 0 Å². The van der Waals surface area contributed by atoms with Gasteiger partial charge >= 0.3 is 0 Å². The zero-order chi connectivity index (χ0) is 14.2. The SMILES string of the molecule is OC12CC3C4C5CC6C4C3C1C(NCc1ccccc1)C6C52. The summed E-state index contributed by atoms with van der Waals surface area (Å²) in [5.74, 6) is 7.72. The first-order valence-electron chi connectivity index (χ1n) is 9.29. The number of rotatable bonds is 3. The maximum atomic E-state index is 11.5. The molecule has 2 N–H and O–H groups in total. The molecule has 0 amide bonds. The topological polar surface area (TPSA) is 32.3 Å². The molecule has 0 aliphatic heterocycles. The van der Waals surface area contributed by atoms with Gasteiger partial charge in [0.15, 0.2) is 0 Å². The molecular weight excluding hydrogens is 270 g/mol. The molecule has 0 heterocycles. The summed E-state index contributed by atoms with van der Waals surface area (Å²) in [5, 5.41) is 15.5. The Morgan fingerprint density at radius 2 is 1.82 bits per heavy atom. The van der Waals surface area contributed by atoms with Crippen LogP contribution in [0.2, 0.25) is 0 Å². The van der Waals surface area contributed by atoms with E-state index in [1.807, 2.05) is 0 Å². The molecule has 5 aliphatic rings. The fourth-order valence-corrected chi connectivity index (χ4v) is 9.15. The zero-order valence-electron chi connectivity index (χ0n) is 12.7. The second-order valence-electron chi connectivity index (χ2n) is 9.18. The summed E-state index contributed by atoms with van der Waals surface area (Å²) in [7, 11) is 0. The minimum Gasteiger partial charge on any atom is -0.389 e. The van der Waals surface area contributed by atoms with Crippen LogP contribution in [0.3, 0.4) is 0 Å². The highest BCUT2D eigenvalue weighted by molar-refractivity contribution is 5.37. The third kappa shape index (κ3) is 0.957. The van der Waals surface area contributed by atoms with Gasteiger partial charge in [0.05, 0.1) is 5.60 Å². The van der Waals surface area contributed by atoms with Gasteiger partial charge in [-0.2, -0.15) is 0 Å². The number of benzene rings is 1. The second-order valence-corrected chi connectivity index (χ2v) is 9.18. The molecule has 1 aromatic rings. The van der Waals surface area contributed by atoms with Crippen molar-refractivity contribution in [2.45, 2.75) is 31.0 Å². The van der Waals surface area contributed by atoms with E-state index in [1.54, 1.807) is 0 Å². The van der Waals surface area contributed by atoms with Crippen molar-refractivity contribution in [3.05, 3.63) is 35.9 Å². The summed E-state index contributed by atoms with van der Waals surface area (Å²) in [6, 6.07) is 11.4. The predicted octanol–water partition coefficient (Wildman–Crippen LogP) is 2.28. The Balaban J connectivity index is 1.27. The lowest BCUT2D eigenvalue weighted by Crippen LogP contribution is -2.61. The molecule has 0 radical (unpaired) electrons. The van der Waals surface area contributed by atoms with Crippen LogP contribution in [0, 0.1) is 53.3 Å². The first-order valence-corrected chi connectivity index (χ1v) is 9.29. The quantitative estimate of drug-likeness (QED) is 0.838. The molecule has 2 heteroatoms. The number of hydrogen-bond acceptors (Lipinski definition) is 2. The van der Waals surface area contributed by atoms with E-state index >= 15 is 0 Å². The number of aliphatic hydroxyl groups is 1. The Bertz CT molecular complexity index is 674. The lowest BCUT2D eigenvalue weighted by atomic mass is 9.44. The van der Waals surface area contributed by atoms with Gasteiger partial charge in [0, 0.05) is 18.5 Å². The van der Waals surface area contributed by atoms with E-state index in [1.165, 1.54) is 12.0 Å². The Morgan fingerprint density at radius 1 is 0.955 bits per heavy atom. The minimum atomic E-state index is -0.282. The van der Waals surface area contributed by atoms with Crippen LogP contribution in [-0.2, 0) is 6.54 Å². The van der Waals surface area contributed by atoms with Crippen molar-refractivity contribution in [2.24, 2.45) is 53.3 Å². The predicted molar refractivity (Wildman–Crippen MR) is 82.7 cm³/mol. The van der Waals surface area contributed by atoms with Crippen molar-refractivity contribution in [3.8, 4) is 0 Å². The maximum Gasteiger partial charge on any atom is 0.0730 e. The van der Waals surface area contributed by atoms with E-state index in [-0.39, 0.29) is 5.60 Å². The van der Waals surface area contributed by atoms with Crippen LogP contribution in [-0.4, -0.2) is 16.7 Å². The van der Waals surface area contributed by atoms with Crippen LogP contribution in [0.5, 0.6) is 0 Å². The molecule has 5 saturated carbocycles. The summed E-state index contributed by atoms with van der Waals surface area (Å²) in [5.41, 5.74) is 1.10. The van der Waals surface area contributed by atoms with Crippen molar-refractivity contribution in [3.63, 3.8) is 0 Å². The number of hydrogen-bond donors (Lipinski definition) is 2. The van der Waals surface area contributed by atoms with Crippen LogP contribution in [0.1, 0.15) is 18.4 Å². The molecule has 0 aromatic heterocycles. The first kappa shape index (κ1) is 11.6. The second kappa shape index (κ2) is 3.32. The van der Waals surface area contributed by atoms with E-state index in [0.717, 1.165) is 54.4 Å². The smallest absolute Gasteiger partial charge is 0.0730 e. The van der Waals surface area contributed by atoms with Crippen LogP contribution in [0.25, 0.3) is 0 Å². The standard InChI is InChI=1S/C20H23NO/c22-20-7-12-13-11-6-10-14(13)15(12)18(20)19(16(10)17(11)20)21-8-9-4-2-1-3-5-9/h1-5,10-19,21-22H,6-8H2. The van der Waals surface area contributed by atoms with Crippen molar-refractivity contribution in [2.75, 3.05) is 0 Å². The van der Waals surface area contributed by atoms with Gasteiger partial charge in [0.1, 0.15) is 0 Å². The van der Waals surface area contributed by atoms with Crippen molar-refractivity contribution >= 4 is 0 Å². The monoisotopic (exact) mass is 293 g/mol. The Hall–Kier alpha value is -0.860. The zero-order valence-corrected chi connectivity index (χ0v) is 12.7. The summed E-state index contributed by atoms with van der Waals surface area (Å²) in [6.45, 7) is 0.976. The lowest BCUT2D eigenvalue weighted by molar-refractivity contribution is -0.145. The molecule has 0 spiro atoms. The van der Waals surface area contributed by atoms with Gasteiger partial charge in [0.25, 0.3) is 0 Å². The Morgan fingerprint density at radius 3 is 2.68 bits per heavy atom. The van der Waals surface area contributed by atoms with Gasteiger partial charge in [-0.05, 0) is 65.7 Å². The van der Waals surface area contributed by atoms with Crippen LogP contribution >= 0.6 is 0 Å². The molecular formula is C20H23NO. The molecule has 5 aliphatic carbocycles. The Labute approximate surface area is 131 Å². The van der Waals surface area contributed by atoms with E-state index < -0.39 is 0 Å². The first-order chi connectivity index (χ1) is 10.8. The highest BCUT2D eigenvalue weighted by Gasteiger charge is 2.87. The van der Waals surface area contributed by atoms with Crippen molar-refractivity contribution in [1.82, 2.24) is 5.32 Å². The third-order valence-corrected chi connectivity index (χ3v) is 9.10. The summed E-state index contributed by atoms with van der Waals surface area (Å²) < 4.78 is 0. The molecule has 0 saturated heterocycles. The summed E-state index contributed by atoms with van der Waals surface area (Å²) >= 11 is 0. The normalized spacial score (nSPS) is 63.9. The molecule has 1 aromatic carbocycles. The molecule has 114 valence electrons. The molecule has 11 unspecified atom stereocenters. The fourth-order valence-electron chi connectivity index (χ4n) is 9.15. The average molecular weight is 293 g/mol. The van der Waals surface area contributed by atoms with E-state index in [0.29, 0.717) is 17.9 Å². The third-order valence-electron chi connectivity index (χ3n) is 9.10. The molecule has 22 heavy (non-hydrogen) atoms. The van der Waals surface area contributed by atoms with E-state index in [2.05, 4.69) is 35.6 Å². The van der Waals surface area contributed by atoms with Gasteiger partial charge in [-0.15, -0.1) is 0 Å². The van der Waals surface area contributed by atoms with E-state index in [9.17, 15) is 5.11 Å². The summed E-state index contributed by atoms with van der Waals surface area (Å²) in [4.78, 5) is 0. The van der Waals surface area contributed by atoms with Crippen LogP contribution in [0.15, 0.2) is 30.3 Å². The minimum absolute atomic E-state index is 0.282. The fraction of sp³-hybridized carbons (Fsp3) is 0.700. The largest absolute Gasteiger partial charge is 0.389 e. The number of nitrogens with one attached hydrogen (secondary N) is 1.